The molecular formula is C90H95BN4. The van der Waals surface area contributed by atoms with Gasteiger partial charge in [-0.15, -0.1) is 0 Å². The predicted octanol–water partition coefficient (Wildman–Crippen LogP) is 23.8. The normalized spacial score (nSPS) is 13.1. The van der Waals surface area contributed by atoms with Crippen LogP contribution in [0.15, 0.2) is 231 Å². The largest absolute Gasteiger partial charge is 0.311 e. The third-order valence-corrected chi connectivity index (χ3v) is 20.1. The maximum Gasteiger partial charge on any atom is 0.252 e. The van der Waals surface area contributed by atoms with Crippen molar-refractivity contribution in [1.82, 2.24) is 0 Å². The lowest BCUT2D eigenvalue weighted by atomic mass is 9.33. The summed E-state index contributed by atoms with van der Waals surface area (Å²) in [6.07, 6.45) is 0. The van der Waals surface area contributed by atoms with E-state index in [4.69, 9.17) is 0 Å². The molecule has 0 saturated heterocycles. The summed E-state index contributed by atoms with van der Waals surface area (Å²) in [6, 6.07) is 88.4. The fourth-order valence-electron chi connectivity index (χ4n) is 14.5. The Labute approximate surface area is 569 Å². The number of hydrogen-bond acceptors (Lipinski definition) is 4. The number of fused-ring (bicyclic) bond motifs is 4. The summed E-state index contributed by atoms with van der Waals surface area (Å²) < 4.78 is 0. The van der Waals surface area contributed by atoms with Gasteiger partial charge in [-0.05, 0) is 241 Å². The van der Waals surface area contributed by atoms with Gasteiger partial charge in [0, 0.05) is 56.9 Å². The van der Waals surface area contributed by atoms with Crippen LogP contribution in [0.1, 0.15) is 154 Å². The van der Waals surface area contributed by atoms with Gasteiger partial charge in [0.2, 0.25) is 0 Å². The molecule has 13 rings (SSSR count). The van der Waals surface area contributed by atoms with Crippen LogP contribution in [0.2, 0.25) is 0 Å². The zero-order chi connectivity index (χ0) is 67.4. The summed E-state index contributed by atoms with van der Waals surface area (Å²) in [4.78, 5) is 10.1. The van der Waals surface area contributed by atoms with Crippen LogP contribution in [0, 0.1) is 27.7 Å². The van der Waals surface area contributed by atoms with Gasteiger partial charge in [-0.1, -0.05) is 237 Å². The molecule has 2 aliphatic rings. The first kappa shape index (κ1) is 64.4. The highest BCUT2D eigenvalue weighted by Gasteiger charge is 2.45. The first-order chi connectivity index (χ1) is 44.9. The van der Waals surface area contributed by atoms with Gasteiger partial charge in [-0.3, -0.25) is 0 Å². The van der Waals surface area contributed by atoms with Gasteiger partial charge < -0.3 is 19.6 Å². The summed E-state index contributed by atoms with van der Waals surface area (Å²) in [5, 5.41) is 0. The van der Waals surface area contributed by atoms with E-state index < -0.39 is 0 Å². The van der Waals surface area contributed by atoms with Crippen LogP contribution in [0.25, 0.3) is 22.3 Å². The highest BCUT2D eigenvalue weighted by molar-refractivity contribution is 7.00. The average Bonchev–Trinajstić information content (AvgIpc) is 0.691. The van der Waals surface area contributed by atoms with Gasteiger partial charge in [0.25, 0.3) is 6.71 Å². The van der Waals surface area contributed by atoms with Gasteiger partial charge in [0.15, 0.2) is 0 Å². The summed E-state index contributed by atoms with van der Waals surface area (Å²) in [5.74, 6) is 0. The van der Waals surface area contributed by atoms with Crippen LogP contribution in [-0.4, -0.2) is 6.71 Å². The number of aryl methyl sites for hydroxylation is 4. The molecule has 0 unspecified atom stereocenters. The van der Waals surface area contributed by atoms with Crippen LogP contribution in [0.3, 0.4) is 0 Å². The summed E-state index contributed by atoms with van der Waals surface area (Å²) >= 11 is 0. The van der Waals surface area contributed by atoms with E-state index in [-0.39, 0.29) is 33.8 Å². The molecule has 0 fully saturated rings. The Balaban J connectivity index is 0.973. The molecule has 5 heteroatoms. The second-order valence-corrected chi connectivity index (χ2v) is 32.3. The minimum Gasteiger partial charge on any atom is -0.311 e. The standard InChI is InChI=1S/C90H95BN4/c1-58-22-20-23-59(2)84(58)94-79-54-64(62-26-40-71(41-27-62)92(73-44-32-66(33-45-73)86(5,6)7)74-46-34-67(35-47-74)87(8,9)10)30-52-77(79)91-78-53-31-65(55-80(78)95(85-60(3)24-21-25-61(85)4)82-57-70(90(17,18)19)56-81(94)83(82)91)63-28-42-72(43-29-63)93(75-48-36-68(37-49-75)88(11,12)13)76-50-38-69(39-51-76)89(14,15)16/h20-57H,1-19H3. The number of anilines is 12. The van der Waals surface area contributed by atoms with E-state index >= 15 is 0 Å². The monoisotopic (exact) mass is 1240 g/mol. The maximum atomic E-state index is 2.64. The molecule has 0 aliphatic carbocycles. The van der Waals surface area contributed by atoms with E-state index in [0.717, 1.165) is 34.1 Å². The molecule has 0 N–H and O–H groups in total. The van der Waals surface area contributed by atoms with Crippen molar-refractivity contribution in [1.29, 1.82) is 0 Å². The lowest BCUT2D eigenvalue weighted by Crippen LogP contribution is -2.61. The zero-order valence-electron chi connectivity index (χ0n) is 59.8. The Bertz CT molecular complexity index is 4230. The highest BCUT2D eigenvalue weighted by atomic mass is 15.2. The molecule has 0 aromatic heterocycles. The Kier molecular flexibility index (Phi) is 16.2. The predicted molar refractivity (Wildman–Crippen MR) is 413 cm³/mol. The SMILES string of the molecule is Cc1cccc(C)c1N1c2cc(-c3ccc(N(c4ccc(C(C)(C)C)cc4)c4ccc(C(C)(C)C)cc4)cc3)ccc2B2c3ccc(-c4ccc(N(c5ccc(C(C)(C)C)cc5)c5ccc(C(C)(C)C)cc5)cc4)cc3N(c3c(C)cccc3C)c3cc(C(C)(C)C)cc1c32. The van der Waals surface area contributed by atoms with Crippen molar-refractivity contribution < 1.29 is 0 Å². The van der Waals surface area contributed by atoms with Crippen molar-refractivity contribution in [2.24, 2.45) is 0 Å². The van der Waals surface area contributed by atoms with Gasteiger partial charge in [-0.25, -0.2) is 0 Å². The summed E-state index contributed by atoms with van der Waals surface area (Å²) in [7, 11) is 0. The van der Waals surface area contributed by atoms with Gasteiger partial charge >= 0.3 is 0 Å². The van der Waals surface area contributed by atoms with Crippen molar-refractivity contribution in [3.63, 3.8) is 0 Å². The van der Waals surface area contributed by atoms with E-state index in [1.165, 1.54) is 123 Å². The lowest BCUT2D eigenvalue weighted by Gasteiger charge is -2.46. The van der Waals surface area contributed by atoms with Crippen molar-refractivity contribution in [3.05, 3.63) is 281 Å². The first-order valence-corrected chi connectivity index (χ1v) is 34.3. The van der Waals surface area contributed by atoms with Crippen LogP contribution in [0.4, 0.5) is 68.2 Å². The fraction of sp³-hybridized carbons (Fsp3) is 0.267. The molecule has 478 valence electrons. The van der Waals surface area contributed by atoms with Gasteiger partial charge in [-0.2, -0.15) is 0 Å². The Morgan fingerprint density at radius 1 is 0.253 bits per heavy atom. The number of benzene rings is 11. The molecular weight excluding hydrogens is 1150 g/mol. The molecule has 4 nitrogen and oxygen atoms in total. The molecule has 11 aromatic carbocycles. The van der Waals surface area contributed by atoms with E-state index in [1.807, 2.05) is 0 Å². The zero-order valence-corrected chi connectivity index (χ0v) is 59.8. The molecule has 0 saturated carbocycles. The van der Waals surface area contributed by atoms with E-state index in [1.54, 1.807) is 0 Å². The Morgan fingerprint density at radius 2 is 0.495 bits per heavy atom. The molecule has 2 aliphatic heterocycles. The van der Waals surface area contributed by atoms with Gasteiger partial charge in [0.1, 0.15) is 0 Å². The topological polar surface area (TPSA) is 13.0 Å². The Hall–Kier alpha value is -9.32. The van der Waals surface area contributed by atoms with E-state index in [2.05, 4.69) is 382 Å². The second-order valence-electron chi connectivity index (χ2n) is 32.3. The van der Waals surface area contributed by atoms with Crippen LogP contribution in [-0.2, 0) is 27.1 Å². The van der Waals surface area contributed by atoms with E-state index in [9.17, 15) is 0 Å². The molecule has 11 aromatic rings. The summed E-state index contributed by atoms with van der Waals surface area (Å²) in [5.41, 5.74) is 34.2. The van der Waals surface area contributed by atoms with Crippen molar-refractivity contribution in [3.8, 4) is 22.3 Å². The third-order valence-electron chi connectivity index (χ3n) is 20.1. The lowest BCUT2D eigenvalue weighted by molar-refractivity contribution is 0.590. The number of hydrogen-bond donors (Lipinski definition) is 0. The maximum absolute atomic E-state index is 2.64. The van der Waals surface area contributed by atoms with Crippen molar-refractivity contribution in [2.45, 2.75) is 159 Å². The molecule has 0 atom stereocenters. The van der Waals surface area contributed by atoms with Crippen LogP contribution >= 0.6 is 0 Å². The first-order valence-electron chi connectivity index (χ1n) is 34.3. The molecule has 0 radical (unpaired) electrons. The number of nitrogens with zero attached hydrogens (tertiary/aromatic N) is 4. The molecule has 0 spiro atoms. The van der Waals surface area contributed by atoms with E-state index in [0.29, 0.717) is 0 Å². The molecule has 0 amide bonds. The molecule has 2 heterocycles. The van der Waals surface area contributed by atoms with Crippen LogP contribution < -0.4 is 36.0 Å². The number of rotatable bonds is 10. The van der Waals surface area contributed by atoms with Gasteiger partial charge in [0.05, 0.1) is 11.4 Å². The highest BCUT2D eigenvalue weighted by Crippen LogP contribution is 2.50. The van der Waals surface area contributed by atoms with Crippen molar-refractivity contribution in [2.75, 3.05) is 19.6 Å². The molecule has 95 heavy (non-hydrogen) atoms. The quantitative estimate of drug-likeness (QED) is 0.127. The number of para-hydroxylation sites is 2. The molecule has 0 bridgehead atoms. The van der Waals surface area contributed by atoms with Crippen molar-refractivity contribution >= 4 is 91.3 Å². The summed E-state index contributed by atoms with van der Waals surface area (Å²) in [6.45, 7) is 43.6. The van der Waals surface area contributed by atoms with Crippen LogP contribution in [0.5, 0.6) is 0 Å². The smallest absolute Gasteiger partial charge is 0.252 e. The third kappa shape index (κ3) is 12.1. The fourth-order valence-corrected chi connectivity index (χ4v) is 14.5. The Morgan fingerprint density at radius 3 is 0.747 bits per heavy atom. The average molecular weight is 1240 g/mol. The minimum absolute atomic E-state index is 0.0469. The minimum atomic E-state index is -0.179. The second kappa shape index (κ2) is 23.9.